The zero-order valence-corrected chi connectivity index (χ0v) is 9.72. The van der Waals surface area contributed by atoms with Crippen LogP contribution in [0, 0.1) is 0 Å². The first kappa shape index (κ1) is 10.9. The minimum Gasteiger partial charge on any atom is -0.508 e. The van der Waals surface area contributed by atoms with Crippen molar-refractivity contribution in [2.75, 3.05) is 6.61 Å². The summed E-state index contributed by atoms with van der Waals surface area (Å²) in [6, 6.07) is 11.2. The monoisotopic (exact) mass is 243 g/mol. The number of fused-ring (bicyclic) bond motifs is 1. The van der Waals surface area contributed by atoms with E-state index >= 15 is 0 Å². The molecule has 0 spiro atoms. The number of carbonyl (C=O) groups excluding carboxylic acids is 1. The molecule has 18 heavy (non-hydrogen) atoms. The van der Waals surface area contributed by atoms with E-state index in [1.807, 2.05) is 24.3 Å². The highest BCUT2D eigenvalue weighted by Crippen LogP contribution is 2.26. The Bertz CT molecular complexity index is 609. The molecule has 0 aromatic heterocycles. The lowest BCUT2D eigenvalue weighted by atomic mass is 9.99. The van der Waals surface area contributed by atoms with E-state index in [1.54, 1.807) is 12.1 Å². The van der Waals surface area contributed by atoms with Crippen molar-refractivity contribution in [2.24, 2.45) is 0 Å². The van der Waals surface area contributed by atoms with E-state index in [1.165, 1.54) is 0 Å². The van der Waals surface area contributed by atoms with Crippen LogP contribution in [0.4, 0.5) is 4.79 Å². The average Bonchev–Trinajstić information content (AvgIpc) is 2.38. The van der Waals surface area contributed by atoms with Crippen molar-refractivity contribution < 1.29 is 14.6 Å². The van der Waals surface area contributed by atoms with Crippen LogP contribution in [0.2, 0.25) is 0 Å². The lowest BCUT2D eigenvalue weighted by Gasteiger charge is -2.23. The fraction of sp³-hybridized carbons (Fsp3) is 0.214. The number of hydrogen-bond donors (Lipinski definition) is 2. The number of ether oxygens (including phenoxy) is 1. The molecule has 0 radical (unpaired) electrons. The molecule has 1 fully saturated rings. The van der Waals surface area contributed by atoms with E-state index in [0.717, 1.165) is 22.8 Å². The molecule has 2 aromatic carbocycles. The Labute approximate surface area is 104 Å². The van der Waals surface area contributed by atoms with Gasteiger partial charge in [-0.25, -0.2) is 4.79 Å². The van der Waals surface area contributed by atoms with Gasteiger partial charge in [-0.2, -0.15) is 0 Å². The molecule has 0 bridgehead atoms. The Kier molecular flexibility index (Phi) is 2.55. The average molecular weight is 243 g/mol. The minimum absolute atomic E-state index is 0.00412. The summed E-state index contributed by atoms with van der Waals surface area (Å²) in [7, 11) is 0. The Morgan fingerprint density at radius 2 is 1.94 bits per heavy atom. The van der Waals surface area contributed by atoms with Gasteiger partial charge in [-0.05, 0) is 34.5 Å². The summed E-state index contributed by atoms with van der Waals surface area (Å²) in [5, 5.41) is 14.2. The van der Waals surface area contributed by atoms with Gasteiger partial charge in [0.1, 0.15) is 5.75 Å². The predicted molar refractivity (Wildman–Crippen MR) is 67.5 cm³/mol. The van der Waals surface area contributed by atoms with Crippen molar-refractivity contribution in [3.63, 3.8) is 0 Å². The lowest BCUT2D eigenvalue weighted by molar-refractivity contribution is 0.115. The van der Waals surface area contributed by atoms with Crippen LogP contribution in [0.1, 0.15) is 18.0 Å². The Morgan fingerprint density at radius 3 is 2.78 bits per heavy atom. The SMILES string of the molecule is O=C1N[C@H](c2ccc3cc(O)ccc3c2)CCO1. The van der Waals surface area contributed by atoms with Crippen LogP contribution in [0.15, 0.2) is 36.4 Å². The van der Waals surface area contributed by atoms with Crippen LogP contribution < -0.4 is 5.32 Å². The number of carbonyl (C=O) groups is 1. The number of hydrogen-bond acceptors (Lipinski definition) is 3. The van der Waals surface area contributed by atoms with Crippen LogP contribution in [0.5, 0.6) is 5.75 Å². The van der Waals surface area contributed by atoms with Crippen molar-refractivity contribution in [2.45, 2.75) is 12.5 Å². The summed E-state index contributed by atoms with van der Waals surface area (Å²) in [5.41, 5.74) is 1.06. The van der Waals surface area contributed by atoms with Gasteiger partial charge in [-0.3, -0.25) is 0 Å². The number of alkyl carbamates (subject to hydrolysis) is 1. The molecule has 1 saturated heterocycles. The summed E-state index contributed by atoms with van der Waals surface area (Å²) in [4.78, 5) is 11.2. The molecule has 0 aliphatic carbocycles. The predicted octanol–water partition coefficient (Wildman–Crippen LogP) is 2.72. The van der Waals surface area contributed by atoms with E-state index in [9.17, 15) is 9.90 Å². The summed E-state index contributed by atoms with van der Waals surface area (Å²) < 4.78 is 4.85. The third kappa shape index (κ3) is 1.97. The molecule has 3 rings (SSSR count). The van der Waals surface area contributed by atoms with Crippen LogP contribution >= 0.6 is 0 Å². The molecule has 2 N–H and O–H groups in total. The van der Waals surface area contributed by atoms with Crippen LogP contribution in [-0.2, 0) is 4.74 Å². The molecule has 4 nitrogen and oxygen atoms in total. The van der Waals surface area contributed by atoms with Crippen LogP contribution in [-0.4, -0.2) is 17.8 Å². The van der Waals surface area contributed by atoms with Gasteiger partial charge in [0.2, 0.25) is 0 Å². The Morgan fingerprint density at radius 1 is 1.17 bits per heavy atom. The fourth-order valence-electron chi connectivity index (χ4n) is 2.24. The molecule has 1 amide bonds. The van der Waals surface area contributed by atoms with Gasteiger partial charge in [0.25, 0.3) is 0 Å². The van der Waals surface area contributed by atoms with Gasteiger partial charge < -0.3 is 15.2 Å². The van der Waals surface area contributed by atoms with E-state index in [-0.39, 0.29) is 17.9 Å². The van der Waals surface area contributed by atoms with Gasteiger partial charge >= 0.3 is 6.09 Å². The maximum atomic E-state index is 11.2. The number of amides is 1. The van der Waals surface area contributed by atoms with E-state index in [0.29, 0.717) is 6.61 Å². The molecule has 92 valence electrons. The summed E-state index contributed by atoms with van der Waals surface area (Å²) >= 11 is 0. The minimum atomic E-state index is -0.364. The number of benzene rings is 2. The molecule has 4 heteroatoms. The summed E-state index contributed by atoms with van der Waals surface area (Å²) in [6.07, 6.45) is 0.409. The number of cyclic esters (lactones) is 1. The second-order valence-electron chi connectivity index (χ2n) is 4.41. The summed E-state index contributed by atoms with van der Waals surface area (Å²) in [6.45, 7) is 0.449. The zero-order valence-electron chi connectivity index (χ0n) is 9.72. The topological polar surface area (TPSA) is 58.6 Å². The van der Waals surface area contributed by atoms with Gasteiger partial charge in [0.05, 0.1) is 12.6 Å². The van der Waals surface area contributed by atoms with Crippen molar-refractivity contribution in [3.05, 3.63) is 42.0 Å². The smallest absolute Gasteiger partial charge is 0.407 e. The Balaban J connectivity index is 1.97. The number of aromatic hydroxyl groups is 1. The maximum absolute atomic E-state index is 11.2. The number of rotatable bonds is 1. The van der Waals surface area contributed by atoms with Crippen molar-refractivity contribution in [3.8, 4) is 5.75 Å². The molecule has 2 aromatic rings. The highest BCUT2D eigenvalue weighted by molar-refractivity contribution is 5.84. The van der Waals surface area contributed by atoms with Gasteiger partial charge in [-0.1, -0.05) is 18.2 Å². The molecular formula is C14H13NO3. The first-order valence-corrected chi connectivity index (χ1v) is 5.88. The summed E-state index contributed by atoms with van der Waals surface area (Å²) in [5.74, 6) is 0.259. The largest absolute Gasteiger partial charge is 0.508 e. The van der Waals surface area contributed by atoms with Crippen LogP contribution in [0.3, 0.4) is 0 Å². The molecule has 1 aliphatic rings. The second-order valence-corrected chi connectivity index (χ2v) is 4.41. The zero-order chi connectivity index (χ0) is 12.5. The molecule has 1 aliphatic heterocycles. The first-order chi connectivity index (χ1) is 8.72. The first-order valence-electron chi connectivity index (χ1n) is 5.88. The van der Waals surface area contributed by atoms with Crippen LogP contribution in [0.25, 0.3) is 10.8 Å². The van der Waals surface area contributed by atoms with Gasteiger partial charge in [0.15, 0.2) is 0 Å². The quantitative estimate of drug-likeness (QED) is 0.809. The van der Waals surface area contributed by atoms with Gasteiger partial charge in [0, 0.05) is 6.42 Å². The second kappa shape index (κ2) is 4.22. The normalized spacial score (nSPS) is 19.3. The Hall–Kier alpha value is -2.23. The fourth-order valence-corrected chi connectivity index (χ4v) is 2.24. The van der Waals surface area contributed by atoms with E-state index in [2.05, 4.69) is 5.32 Å². The number of phenols is 1. The number of nitrogens with one attached hydrogen (secondary N) is 1. The highest BCUT2D eigenvalue weighted by atomic mass is 16.5. The highest BCUT2D eigenvalue weighted by Gasteiger charge is 2.20. The molecule has 1 heterocycles. The third-order valence-electron chi connectivity index (χ3n) is 3.18. The standard InChI is InChI=1S/C14H13NO3/c16-12-4-3-9-7-11(2-1-10(9)8-12)13-5-6-18-14(17)15-13/h1-4,7-8,13,16H,5-6H2,(H,15,17)/t13-/m0/s1. The van der Waals surface area contributed by atoms with Crippen molar-refractivity contribution >= 4 is 16.9 Å². The van der Waals surface area contributed by atoms with E-state index in [4.69, 9.17) is 4.74 Å². The molecular weight excluding hydrogens is 230 g/mol. The number of phenolic OH excluding ortho intramolecular Hbond substituents is 1. The molecule has 0 unspecified atom stereocenters. The molecule has 1 atom stereocenters. The van der Waals surface area contributed by atoms with Crippen molar-refractivity contribution in [1.82, 2.24) is 5.32 Å². The third-order valence-corrected chi connectivity index (χ3v) is 3.18. The van der Waals surface area contributed by atoms with Crippen molar-refractivity contribution in [1.29, 1.82) is 0 Å². The maximum Gasteiger partial charge on any atom is 0.407 e. The lowest BCUT2D eigenvalue weighted by Crippen LogP contribution is -2.35. The van der Waals surface area contributed by atoms with Gasteiger partial charge in [-0.15, -0.1) is 0 Å². The van der Waals surface area contributed by atoms with E-state index < -0.39 is 0 Å². The molecule has 0 saturated carbocycles.